The molecule has 0 atom stereocenters. The number of hydrogen-bond donors (Lipinski definition) is 2. The van der Waals surface area contributed by atoms with Gasteiger partial charge >= 0.3 is 0 Å². The molecule has 0 saturated heterocycles. The standard InChI is InChI=1S/C17H28N4O/c1-3-5-9-20-17(18-4-2)21-12-15-8-10-19-16(11-15)22-13-14-6-7-14/h8,10-11,14H,3-7,9,12-13H2,1-2H3,(H2,18,20,21). The van der Waals surface area contributed by atoms with Crippen LogP contribution in [0.2, 0.25) is 0 Å². The largest absolute Gasteiger partial charge is 0.477 e. The molecule has 0 radical (unpaired) electrons. The summed E-state index contributed by atoms with van der Waals surface area (Å²) in [5.74, 6) is 2.32. The maximum absolute atomic E-state index is 5.71. The summed E-state index contributed by atoms with van der Waals surface area (Å²) in [4.78, 5) is 8.88. The number of nitrogens with one attached hydrogen (secondary N) is 2. The first-order chi connectivity index (χ1) is 10.8. The minimum absolute atomic E-state index is 0.629. The summed E-state index contributed by atoms with van der Waals surface area (Å²) in [5, 5.41) is 6.61. The maximum atomic E-state index is 5.71. The first kappa shape index (κ1) is 16.6. The van der Waals surface area contributed by atoms with Crippen molar-refractivity contribution in [2.45, 2.75) is 46.1 Å². The predicted molar refractivity (Wildman–Crippen MR) is 90.2 cm³/mol. The highest BCUT2D eigenvalue weighted by atomic mass is 16.5. The van der Waals surface area contributed by atoms with Gasteiger partial charge in [-0.15, -0.1) is 0 Å². The zero-order chi connectivity index (χ0) is 15.6. The van der Waals surface area contributed by atoms with Gasteiger partial charge in [0.1, 0.15) is 0 Å². The lowest BCUT2D eigenvalue weighted by atomic mass is 10.3. The Morgan fingerprint density at radius 3 is 2.95 bits per heavy atom. The van der Waals surface area contributed by atoms with E-state index in [9.17, 15) is 0 Å². The van der Waals surface area contributed by atoms with Crippen LogP contribution in [-0.2, 0) is 6.54 Å². The second-order valence-corrected chi connectivity index (χ2v) is 5.73. The van der Waals surface area contributed by atoms with Gasteiger partial charge in [0.15, 0.2) is 5.96 Å². The highest BCUT2D eigenvalue weighted by molar-refractivity contribution is 5.79. The summed E-state index contributed by atoms with van der Waals surface area (Å²) < 4.78 is 5.71. The average molecular weight is 304 g/mol. The van der Waals surface area contributed by atoms with Crippen molar-refractivity contribution in [1.82, 2.24) is 15.6 Å². The molecular formula is C17H28N4O. The molecule has 0 aliphatic heterocycles. The molecule has 0 unspecified atom stereocenters. The van der Waals surface area contributed by atoms with Crippen molar-refractivity contribution < 1.29 is 4.74 Å². The molecule has 1 aliphatic carbocycles. The Bertz CT molecular complexity index is 471. The molecule has 1 heterocycles. The summed E-state index contributed by atoms with van der Waals surface area (Å²) in [7, 11) is 0. The molecule has 0 amide bonds. The molecule has 2 rings (SSSR count). The lowest BCUT2D eigenvalue weighted by molar-refractivity contribution is 0.288. The molecule has 1 saturated carbocycles. The van der Waals surface area contributed by atoms with Gasteiger partial charge in [-0.2, -0.15) is 0 Å². The molecular weight excluding hydrogens is 276 g/mol. The number of ether oxygens (including phenoxy) is 1. The number of aliphatic imine (C=N–C) groups is 1. The molecule has 0 aromatic carbocycles. The number of pyridine rings is 1. The molecule has 1 aromatic rings. The number of aromatic nitrogens is 1. The zero-order valence-corrected chi connectivity index (χ0v) is 13.8. The van der Waals surface area contributed by atoms with Crippen LogP contribution in [-0.4, -0.2) is 30.6 Å². The molecule has 0 bridgehead atoms. The van der Waals surface area contributed by atoms with Gasteiger partial charge in [0, 0.05) is 25.4 Å². The predicted octanol–water partition coefficient (Wildman–Crippen LogP) is 2.73. The van der Waals surface area contributed by atoms with Crippen LogP contribution in [0.5, 0.6) is 5.88 Å². The second-order valence-electron chi connectivity index (χ2n) is 5.73. The van der Waals surface area contributed by atoms with Gasteiger partial charge in [0.05, 0.1) is 13.2 Å². The molecule has 1 aromatic heterocycles. The fraction of sp³-hybridized carbons (Fsp3) is 0.647. The van der Waals surface area contributed by atoms with Crippen molar-refractivity contribution in [2.75, 3.05) is 19.7 Å². The first-order valence-corrected chi connectivity index (χ1v) is 8.41. The second kappa shape index (κ2) is 9.28. The lowest BCUT2D eigenvalue weighted by Gasteiger charge is -2.11. The third-order valence-corrected chi connectivity index (χ3v) is 3.55. The minimum Gasteiger partial charge on any atom is -0.477 e. The summed E-state index contributed by atoms with van der Waals surface area (Å²) in [5.41, 5.74) is 1.12. The maximum Gasteiger partial charge on any atom is 0.213 e. The summed E-state index contributed by atoms with van der Waals surface area (Å²) in [6.45, 7) is 7.50. The minimum atomic E-state index is 0.629. The molecule has 5 heteroatoms. The Labute approximate surface area is 133 Å². The van der Waals surface area contributed by atoms with E-state index in [1.54, 1.807) is 6.20 Å². The van der Waals surface area contributed by atoms with Crippen molar-refractivity contribution in [2.24, 2.45) is 10.9 Å². The molecule has 5 nitrogen and oxygen atoms in total. The van der Waals surface area contributed by atoms with Gasteiger partial charge in [-0.1, -0.05) is 13.3 Å². The molecule has 1 aliphatic rings. The van der Waals surface area contributed by atoms with E-state index in [-0.39, 0.29) is 0 Å². The first-order valence-electron chi connectivity index (χ1n) is 8.41. The van der Waals surface area contributed by atoms with Gasteiger partial charge < -0.3 is 15.4 Å². The number of unbranched alkanes of at least 4 members (excludes halogenated alkanes) is 1. The van der Waals surface area contributed by atoms with E-state index in [2.05, 4.69) is 34.5 Å². The summed E-state index contributed by atoms with van der Waals surface area (Å²) in [6, 6.07) is 3.98. The zero-order valence-electron chi connectivity index (χ0n) is 13.8. The summed E-state index contributed by atoms with van der Waals surface area (Å²) >= 11 is 0. The van der Waals surface area contributed by atoms with Gasteiger partial charge in [0.2, 0.25) is 5.88 Å². The number of guanidine groups is 1. The number of nitrogens with zero attached hydrogens (tertiary/aromatic N) is 2. The van der Waals surface area contributed by atoms with Crippen LogP contribution in [0.3, 0.4) is 0 Å². The van der Waals surface area contributed by atoms with Crippen LogP contribution in [0.1, 0.15) is 45.1 Å². The van der Waals surface area contributed by atoms with Crippen molar-refractivity contribution in [1.29, 1.82) is 0 Å². The lowest BCUT2D eigenvalue weighted by Crippen LogP contribution is -2.37. The van der Waals surface area contributed by atoms with Gasteiger partial charge in [-0.05, 0) is 43.7 Å². The van der Waals surface area contributed by atoms with E-state index < -0.39 is 0 Å². The normalized spacial score (nSPS) is 14.7. The third-order valence-electron chi connectivity index (χ3n) is 3.55. The van der Waals surface area contributed by atoms with Crippen LogP contribution in [0.25, 0.3) is 0 Å². The highest BCUT2D eigenvalue weighted by Gasteiger charge is 2.22. The molecule has 0 spiro atoms. The van der Waals surface area contributed by atoms with Crippen LogP contribution in [0, 0.1) is 5.92 Å². The molecule has 2 N–H and O–H groups in total. The molecule has 22 heavy (non-hydrogen) atoms. The van der Waals surface area contributed by atoms with Crippen LogP contribution < -0.4 is 15.4 Å². The van der Waals surface area contributed by atoms with Crippen LogP contribution >= 0.6 is 0 Å². The van der Waals surface area contributed by atoms with E-state index in [1.165, 1.54) is 19.3 Å². The van der Waals surface area contributed by atoms with Gasteiger partial charge in [0.25, 0.3) is 0 Å². The Hall–Kier alpha value is -1.78. The Morgan fingerprint density at radius 1 is 1.36 bits per heavy atom. The smallest absolute Gasteiger partial charge is 0.213 e. The van der Waals surface area contributed by atoms with Crippen molar-refractivity contribution >= 4 is 5.96 Å². The van der Waals surface area contributed by atoms with Crippen LogP contribution in [0.4, 0.5) is 0 Å². The Morgan fingerprint density at radius 2 is 2.23 bits per heavy atom. The van der Waals surface area contributed by atoms with E-state index in [0.29, 0.717) is 12.4 Å². The van der Waals surface area contributed by atoms with Gasteiger partial charge in [-0.3, -0.25) is 0 Å². The fourth-order valence-corrected chi connectivity index (χ4v) is 2.01. The third kappa shape index (κ3) is 6.33. The highest BCUT2D eigenvalue weighted by Crippen LogP contribution is 2.29. The number of hydrogen-bond acceptors (Lipinski definition) is 3. The topological polar surface area (TPSA) is 58.5 Å². The monoisotopic (exact) mass is 304 g/mol. The van der Waals surface area contributed by atoms with Crippen LogP contribution in [0.15, 0.2) is 23.3 Å². The van der Waals surface area contributed by atoms with Gasteiger partial charge in [-0.25, -0.2) is 9.98 Å². The SMILES string of the molecule is CCCCNC(=NCc1ccnc(OCC2CC2)c1)NCC. The van der Waals surface area contributed by atoms with E-state index in [4.69, 9.17) is 4.74 Å². The van der Waals surface area contributed by atoms with E-state index in [1.807, 2.05) is 12.1 Å². The van der Waals surface area contributed by atoms with Crippen molar-refractivity contribution in [3.05, 3.63) is 23.9 Å². The Balaban J connectivity index is 1.85. The van der Waals surface area contributed by atoms with E-state index in [0.717, 1.165) is 43.6 Å². The average Bonchev–Trinajstić information content (AvgIpc) is 3.36. The van der Waals surface area contributed by atoms with Crippen molar-refractivity contribution in [3.8, 4) is 5.88 Å². The molecule has 122 valence electrons. The Kier molecular flexibility index (Phi) is 7.00. The quantitative estimate of drug-likeness (QED) is 0.418. The summed E-state index contributed by atoms with van der Waals surface area (Å²) in [6.07, 6.45) is 6.71. The number of rotatable bonds is 9. The van der Waals surface area contributed by atoms with Crippen molar-refractivity contribution in [3.63, 3.8) is 0 Å². The molecule has 1 fully saturated rings. The fourth-order valence-electron chi connectivity index (χ4n) is 2.01. The van der Waals surface area contributed by atoms with E-state index >= 15 is 0 Å².